The van der Waals surface area contributed by atoms with Gasteiger partial charge < -0.3 is 20.1 Å². The molecule has 0 saturated heterocycles. The maximum absolute atomic E-state index is 12.7. The Morgan fingerprint density at radius 2 is 1.89 bits per heavy atom. The zero-order chi connectivity index (χ0) is 20.1. The molecule has 0 aliphatic heterocycles. The lowest BCUT2D eigenvalue weighted by Crippen LogP contribution is -2.19. The monoisotopic (exact) mass is 382 g/mol. The van der Waals surface area contributed by atoms with Gasteiger partial charge in [-0.25, -0.2) is 0 Å². The molecule has 0 aromatic heterocycles. The summed E-state index contributed by atoms with van der Waals surface area (Å²) < 4.78 is 10.7. The van der Waals surface area contributed by atoms with Gasteiger partial charge >= 0.3 is 0 Å². The van der Waals surface area contributed by atoms with Crippen LogP contribution in [0.15, 0.2) is 36.4 Å². The Labute approximate surface area is 165 Å². The third-order valence-corrected chi connectivity index (χ3v) is 5.01. The van der Waals surface area contributed by atoms with E-state index in [1.165, 1.54) is 18.1 Å². The number of methoxy groups -OCH3 is 2. The molecule has 1 unspecified atom stereocenters. The van der Waals surface area contributed by atoms with Gasteiger partial charge in [-0.05, 0) is 66.6 Å². The van der Waals surface area contributed by atoms with Gasteiger partial charge in [0, 0.05) is 19.0 Å². The molecule has 28 heavy (non-hydrogen) atoms. The van der Waals surface area contributed by atoms with Gasteiger partial charge in [-0.15, -0.1) is 0 Å². The highest BCUT2D eigenvalue weighted by Gasteiger charge is 2.23. The van der Waals surface area contributed by atoms with Crippen molar-refractivity contribution in [1.29, 1.82) is 0 Å². The van der Waals surface area contributed by atoms with E-state index in [1.54, 1.807) is 32.4 Å². The van der Waals surface area contributed by atoms with E-state index in [4.69, 9.17) is 9.47 Å². The van der Waals surface area contributed by atoms with Crippen LogP contribution >= 0.6 is 0 Å². The Morgan fingerprint density at radius 1 is 1.07 bits per heavy atom. The second-order valence-corrected chi connectivity index (χ2v) is 7.00. The summed E-state index contributed by atoms with van der Waals surface area (Å²) in [5, 5.41) is 5.65. The molecule has 2 aromatic rings. The van der Waals surface area contributed by atoms with E-state index < -0.39 is 0 Å². The van der Waals surface area contributed by atoms with Crippen molar-refractivity contribution >= 4 is 23.2 Å². The fourth-order valence-electron chi connectivity index (χ4n) is 3.74. The van der Waals surface area contributed by atoms with Crippen molar-refractivity contribution in [2.24, 2.45) is 0 Å². The molecule has 0 spiro atoms. The van der Waals surface area contributed by atoms with E-state index in [0.717, 1.165) is 25.0 Å². The number of rotatable bonds is 6. The van der Waals surface area contributed by atoms with Crippen LogP contribution in [0.1, 0.15) is 43.2 Å². The first kappa shape index (κ1) is 19.7. The molecule has 0 bridgehead atoms. The number of nitrogens with one attached hydrogen (secondary N) is 2. The largest absolute Gasteiger partial charge is 0.497 e. The van der Waals surface area contributed by atoms with Crippen LogP contribution in [-0.4, -0.2) is 26.0 Å². The lowest BCUT2D eigenvalue weighted by atomic mass is 9.81. The minimum absolute atomic E-state index is 0.0769. The number of anilines is 2. The summed E-state index contributed by atoms with van der Waals surface area (Å²) in [4.78, 5) is 24.0. The molecule has 1 aliphatic rings. The maximum atomic E-state index is 12.7. The number of fused-ring (bicyclic) bond motifs is 1. The molecule has 2 N–H and O–H groups in total. The van der Waals surface area contributed by atoms with Crippen molar-refractivity contribution in [2.75, 3.05) is 24.9 Å². The summed E-state index contributed by atoms with van der Waals surface area (Å²) in [7, 11) is 3.21. The standard InChI is InChI=1S/C22H26N2O4/c1-14(25)23-17-7-10-21(28-3)20(13-17)24-22(26)12-16-6-4-5-15-11-18(27-2)8-9-19(15)16/h7-11,13,16H,4-6,12H2,1-3H3,(H,23,25)(H,24,26). The molecule has 2 aromatic carbocycles. The predicted molar refractivity (Wildman–Crippen MR) is 109 cm³/mol. The first-order chi connectivity index (χ1) is 13.5. The van der Waals surface area contributed by atoms with Crippen LogP contribution < -0.4 is 20.1 Å². The van der Waals surface area contributed by atoms with E-state index in [9.17, 15) is 9.59 Å². The van der Waals surface area contributed by atoms with Crippen molar-refractivity contribution < 1.29 is 19.1 Å². The Bertz CT molecular complexity index is 879. The summed E-state index contributed by atoms with van der Waals surface area (Å²) >= 11 is 0. The van der Waals surface area contributed by atoms with E-state index in [-0.39, 0.29) is 17.7 Å². The molecule has 2 amide bonds. The summed E-state index contributed by atoms with van der Waals surface area (Å²) in [6, 6.07) is 11.3. The maximum Gasteiger partial charge on any atom is 0.225 e. The SMILES string of the molecule is COc1ccc2c(c1)CCCC2CC(=O)Nc1cc(NC(C)=O)ccc1OC. The highest BCUT2D eigenvalue weighted by Crippen LogP contribution is 2.36. The van der Waals surface area contributed by atoms with Crippen LogP contribution in [0.4, 0.5) is 11.4 Å². The van der Waals surface area contributed by atoms with E-state index in [0.29, 0.717) is 23.5 Å². The molecule has 0 saturated carbocycles. The zero-order valence-corrected chi connectivity index (χ0v) is 16.5. The minimum Gasteiger partial charge on any atom is -0.497 e. The van der Waals surface area contributed by atoms with Gasteiger partial charge in [0.2, 0.25) is 11.8 Å². The average Bonchev–Trinajstić information content (AvgIpc) is 2.67. The van der Waals surface area contributed by atoms with Gasteiger partial charge in [-0.1, -0.05) is 6.07 Å². The number of hydrogen-bond donors (Lipinski definition) is 2. The average molecular weight is 382 g/mol. The highest BCUT2D eigenvalue weighted by molar-refractivity contribution is 5.95. The molecule has 6 nitrogen and oxygen atoms in total. The van der Waals surface area contributed by atoms with Crippen molar-refractivity contribution in [1.82, 2.24) is 0 Å². The molecule has 1 atom stereocenters. The van der Waals surface area contributed by atoms with Crippen LogP contribution in [0, 0.1) is 0 Å². The Balaban J connectivity index is 1.74. The Morgan fingerprint density at radius 3 is 2.61 bits per heavy atom. The third kappa shape index (κ3) is 4.63. The van der Waals surface area contributed by atoms with Gasteiger partial charge in [-0.3, -0.25) is 9.59 Å². The Hall–Kier alpha value is -3.02. The second-order valence-electron chi connectivity index (χ2n) is 7.00. The van der Waals surface area contributed by atoms with Gasteiger partial charge in [0.05, 0.1) is 19.9 Å². The lowest BCUT2D eigenvalue weighted by molar-refractivity contribution is -0.116. The quantitative estimate of drug-likeness (QED) is 0.788. The van der Waals surface area contributed by atoms with E-state index >= 15 is 0 Å². The van der Waals surface area contributed by atoms with E-state index in [1.807, 2.05) is 6.07 Å². The number of amides is 2. The van der Waals surface area contributed by atoms with Gasteiger partial charge in [0.15, 0.2) is 0 Å². The summed E-state index contributed by atoms with van der Waals surface area (Å²) in [6.45, 7) is 1.44. The zero-order valence-electron chi connectivity index (χ0n) is 16.5. The van der Waals surface area contributed by atoms with Crippen molar-refractivity contribution in [3.8, 4) is 11.5 Å². The van der Waals surface area contributed by atoms with Crippen molar-refractivity contribution in [3.05, 3.63) is 47.5 Å². The molecule has 0 heterocycles. The van der Waals surface area contributed by atoms with Crippen LogP contribution in [0.3, 0.4) is 0 Å². The summed E-state index contributed by atoms with van der Waals surface area (Å²) in [5.41, 5.74) is 3.64. The van der Waals surface area contributed by atoms with Gasteiger partial charge in [0.1, 0.15) is 11.5 Å². The number of benzene rings is 2. The van der Waals surface area contributed by atoms with Crippen LogP contribution in [0.2, 0.25) is 0 Å². The van der Waals surface area contributed by atoms with Crippen LogP contribution in [-0.2, 0) is 16.0 Å². The molecular formula is C22H26N2O4. The fourth-order valence-corrected chi connectivity index (χ4v) is 3.74. The van der Waals surface area contributed by atoms with Crippen LogP contribution in [0.25, 0.3) is 0 Å². The summed E-state index contributed by atoms with van der Waals surface area (Å²) in [5.74, 6) is 1.34. The number of carbonyl (C=O) groups is 2. The number of hydrogen-bond acceptors (Lipinski definition) is 4. The van der Waals surface area contributed by atoms with Crippen LogP contribution in [0.5, 0.6) is 11.5 Å². The highest BCUT2D eigenvalue weighted by atomic mass is 16.5. The fraction of sp³-hybridized carbons (Fsp3) is 0.364. The molecule has 1 aliphatic carbocycles. The topological polar surface area (TPSA) is 76.7 Å². The molecule has 6 heteroatoms. The Kier molecular flexibility index (Phi) is 6.19. The molecule has 148 valence electrons. The van der Waals surface area contributed by atoms with E-state index in [2.05, 4.69) is 22.8 Å². The van der Waals surface area contributed by atoms with Crippen molar-refractivity contribution in [3.63, 3.8) is 0 Å². The summed E-state index contributed by atoms with van der Waals surface area (Å²) in [6.07, 6.45) is 3.44. The lowest BCUT2D eigenvalue weighted by Gasteiger charge is -2.25. The number of ether oxygens (including phenoxy) is 2. The molecule has 3 rings (SSSR count). The molecule has 0 radical (unpaired) electrons. The van der Waals surface area contributed by atoms with Gasteiger partial charge in [-0.2, -0.15) is 0 Å². The predicted octanol–water partition coefficient (Wildman–Crippen LogP) is 4.11. The minimum atomic E-state index is -0.170. The number of aryl methyl sites for hydroxylation is 1. The smallest absolute Gasteiger partial charge is 0.225 e. The molecule has 0 fully saturated rings. The van der Waals surface area contributed by atoms with Gasteiger partial charge in [0.25, 0.3) is 0 Å². The van der Waals surface area contributed by atoms with Crippen molar-refractivity contribution in [2.45, 2.75) is 38.5 Å². The first-order valence-corrected chi connectivity index (χ1v) is 9.42. The third-order valence-electron chi connectivity index (χ3n) is 5.01. The molecular weight excluding hydrogens is 356 g/mol. The number of carbonyl (C=O) groups excluding carboxylic acids is 2. The first-order valence-electron chi connectivity index (χ1n) is 9.42. The normalized spacial score (nSPS) is 15.3. The second kappa shape index (κ2) is 8.78.